The molecule has 1 atom stereocenters. The van der Waals surface area contributed by atoms with Crippen LogP contribution in [-0.2, 0) is 9.47 Å². The van der Waals surface area contributed by atoms with Crippen molar-refractivity contribution in [2.75, 3.05) is 6.61 Å². The number of hydrogen-bond acceptors (Lipinski definition) is 2. The Labute approximate surface area is 92.8 Å². The summed E-state index contributed by atoms with van der Waals surface area (Å²) in [7, 11) is 0. The third kappa shape index (κ3) is 2.25. The Balaban J connectivity index is 1.94. The lowest BCUT2D eigenvalue weighted by atomic mass is 9.94. The van der Waals surface area contributed by atoms with Crippen molar-refractivity contribution in [1.82, 2.24) is 0 Å². The van der Waals surface area contributed by atoms with Crippen molar-refractivity contribution in [3.63, 3.8) is 0 Å². The van der Waals surface area contributed by atoms with Crippen LogP contribution in [0.5, 0.6) is 0 Å². The van der Waals surface area contributed by atoms with E-state index in [1.807, 2.05) is 4.08 Å². The van der Waals surface area contributed by atoms with Gasteiger partial charge in [0, 0.05) is 12.8 Å². The van der Waals surface area contributed by atoms with Crippen LogP contribution in [0.1, 0.15) is 32.1 Å². The minimum atomic E-state index is -0.209. The standard InChI is InChI=1S/C10H15IO2/c11-7-4-9-8-12-10(13-9)5-2-1-3-6-10/h4,7,9H,1-3,5-6,8H2/b7-4-/t9-/m1/s1. The minimum Gasteiger partial charge on any atom is -0.347 e. The van der Waals surface area contributed by atoms with Gasteiger partial charge in [-0.3, -0.25) is 0 Å². The van der Waals surface area contributed by atoms with Crippen LogP contribution in [0.15, 0.2) is 10.2 Å². The fourth-order valence-corrected chi connectivity index (χ4v) is 2.57. The van der Waals surface area contributed by atoms with Gasteiger partial charge in [0.15, 0.2) is 5.79 Å². The second kappa shape index (κ2) is 4.28. The summed E-state index contributed by atoms with van der Waals surface area (Å²) < 4.78 is 13.7. The Hall–Kier alpha value is 0.390. The Morgan fingerprint density at radius 2 is 2.00 bits per heavy atom. The first-order valence-electron chi connectivity index (χ1n) is 4.93. The zero-order valence-electron chi connectivity index (χ0n) is 7.67. The molecule has 2 fully saturated rings. The third-order valence-electron chi connectivity index (χ3n) is 2.78. The van der Waals surface area contributed by atoms with E-state index < -0.39 is 0 Å². The van der Waals surface area contributed by atoms with Gasteiger partial charge in [-0.15, -0.1) is 0 Å². The van der Waals surface area contributed by atoms with Crippen molar-refractivity contribution in [3.05, 3.63) is 10.2 Å². The number of halogens is 1. The van der Waals surface area contributed by atoms with Crippen LogP contribution in [0.2, 0.25) is 0 Å². The Morgan fingerprint density at radius 3 is 2.69 bits per heavy atom. The summed E-state index contributed by atoms with van der Waals surface area (Å²) in [6, 6.07) is 0. The second-order valence-corrected chi connectivity index (χ2v) is 4.48. The lowest BCUT2D eigenvalue weighted by Gasteiger charge is -2.31. The predicted molar refractivity (Wildman–Crippen MR) is 59.8 cm³/mol. The van der Waals surface area contributed by atoms with E-state index in [0.29, 0.717) is 0 Å². The average Bonchev–Trinajstić information content (AvgIpc) is 2.51. The lowest BCUT2D eigenvalue weighted by molar-refractivity contribution is -0.182. The van der Waals surface area contributed by atoms with Crippen LogP contribution in [0, 0.1) is 0 Å². The summed E-state index contributed by atoms with van der Waals surface area (Å²) in [5.74, 6) is -0.209. The van der Waals surface area contributed by atoms with Crippen LogP contribution in [0.25, 0.3) is 0 Å². The summed E-state index contributed by atoms with van der Waals surface area (Å²) in [5.41, 5.74) is 0. The van der Waals surface area contributed by atoms with Crippen molar-refractivity contribution in [1.29, 1.82) is 0 Å². The molecule has 2 aliphatic rings. The van der Waals surface area contributed by atoms with E-state index in [2.05, 4.69) is 28.7 Å². The van der Waals surface area contributed by atoms with Gasteiger partial charge >= 0.3 is 0 Å². The van der Waals surface area contributed by atoms with Gasteiger partial charge in [0.25, 0.3) is 0 Å². The normalized spacial score (nSPS) is 33.2. The maximum Gasteiger partial charge on any atom is 0.169 e. The molecule has 0 unspecified atom stereocenters. The first kappa shape index (κ1) is 9.93. The van der Waals surface area contributed by atoms with E-state index >= 15 is 0 Å². The van der Waals surface area contributed by atoms with E-state index in [1.165, 1.54) is 19.3 Å². The smallest absolute Gasteiger partial charge is 0.169 e. The summed E-state index contributed by atoms with van der Waals surface area (Å²) >= 11 is 2.22. The Kier molecular flexibility index (Phi) is 3.26. The summed E-state index contributed by atoms with van der Waals surface area (Å²) in [5, 5.41) is 0. The summed E-state index contributed by atoms with van der Waals surface area (Å²) in [6.45, 7) is 0.736. The van der Waals surface area contributed by atoms with Gasteiger partial charge in [0.1, 0.15) is 6.10 Å². The molecule has 13 heavy (non-hydrogen) atoms. The van der Waals surface area contributed by atoms with Crippen LogP contribution >= 0.6 is 22.6 Å². The number of hydrogen-bond donors (Lipinski definition) is 0. The van der Waals surface area contributed by atoms with E-state index in [-0.39, 0.29) is 11.9 Å². The molecule has 0 bridgehead atoms. The van der Waals surface area contributed by atoms with Crippen molar-refractivity contribution < 1.29 is 9.47 Å². The van der Waals surface area contributed by atoms with Gasteiger partial charge in [-0.2, -0.15) is 0 Å². The molecular weight excluding hydrogens is 279 g/mol. The second-order valence-electron chi connectivity index (χ2n) is 3.76. The topological polar surface area (TPSA) is 18.5 Å². The summed E-state index contributed by atoms with van der Waals surface area (Å²) in [4.78, 5) is 0. The molecule has 3 heteroatoms. The molecule has 2 rings (SSSR count). The SMILES string of the molecule is I/C=C\[C@@H]1COC2(CCCCC2)O1. The van der Waals surface area contributed by atoms with Crippen LogP contribution in [0.3, 0.4) is 0 Å². The lowest BCUT2D eigenvalue weighted by Crippen LogP contribution is -2.33. The predicted octanol–water partition coefficient (Wildman–Crippen LogP) is 3.01. The molecule has 74 valence electrons. The highest BCUT2D eigenvalue weighted by Gasteiger charge is 2.41. The highest BCUT2D eigenvalue weighted by molar-refractivity contribution is 14.1. The van der Waals surface area contributed by atoms with E-state index in [1.54, 1.807) is 0 Å². The monoisotopic (exact) mass is 294 g/mol. The minimum absolute atomic E-state index is 0.190. The average molecular weight is 294 g/mol. The molecule has 0 radical (unpaired) electrons. The van der Waals surface area contributed by atoms with Gasteiger partial charge in [-0.25, -0.2) is 0 Å². The van der Waals surface area contributed by atoms with Crippen LogP contribution < -0.4 is 0 Å². The quantitative estimate of drug-likeness (QED) is 0.692. The molecule has 0 N–H and O–H groups in total. The highest BCUT2D eigenvalue weighted by Crippen LogP contribution is 2.37. The number of ether oxygens (including phenoxy) is 2. The van der Waals surface area contributed by atoms with Crippen molar-refractivity contribution in [2.45, 2.75) is 44.0 Å². The van der Waals surface area contributed by atoms with Gasteiger partial charge in [0.2, 0.25) is 0 Å². The molecule has 0 aromatic heterocycles. The third-order valence-corrected chi connectivity index (χ3v) is 3.19. The molecule has 1 aliphatic carbocycles. The molecular formula is C10H15IO2. The molecule has 0 amide bonds. The molecule has 1 saturated heterocycles. The fourth-order valence-electron chi connectivity index (χ4n) is 2.11. The first-order valence-corrected chi connectivity index (χ1v) is 6.18. The highest BCUT2D eigenvalue weighted by atomic mass is 127. The maximum absolute atomic E-state index is 5.92. The van der Waals surface area contributed by atoms with Gasteiger partial charge in [-0.05, 0) is 23.0 Å². The van der Waals surface area contributed by atoms with E-state index in [4.69, 9.17) is 9.47 Å². The van der Waals surface area contributed by atoms with Crippen molar-refractivity contribution in [2.24, 2.45) is 0 Å². The van der Waals surface area contributed by atoms with Crippen LogP contribution in [-0.4, -0.2) is 18.5 Å². The maximum atomic E-state index is 5.92. The molecule has 2 nitrogen and oxygen atoms in total. The van der Waals surface area contributed by atoms with Crippen LogP contribution in [0.4, 0.5) is 0 Å². The molecule has 1 aliphatic heterocycles. The largest absolute Gasteiger partial charge is 0.347 e. The van der Waals surface area contributed by atoms with E-state index in [0.717, 1.165) is 19.4 Å². The summed E-state index contributed by atoms with van der Waals surface area (Å²) in [6.07, 6.45) is 8.26. The molecule has 1 heterocycles. The van der Waals surface area contributed by atoms with Crippen molar-refractivity contribution in [3.8, 4) is 0 Å². The Bertz CT molecular complexity index is 197. The number of rotatable bonds is 1. The molecule has 1 saturated carbocycles. The van der Waals surface area contributed by atoms with Gasteiger partial charge < -0.3 is 9.47 Å². The first-order chi connectivity index (χ1) is 6.35. The van der Waals surface area contributed by atoms with Gasteiger partial charge in [-0.1, -0.05) is 29.0 Å². The van der Waals surface area contributed by atoms with E-state index in [9.17, 15) is 0 Å². The molecule has 0 aromatic rings. The zero-order chi connectivity index (χ0) is 9.15. The zero-order valence-corrected chi connectivity index (χ0v) is 9.83. The van der Waals surface area contributed by atoms with Crippen molar-refractivity contribution >= 4 is 22.6 Å². The fraction of sp³-hybridized carbons (Fsp3) is 0.800. The molecule has 0 aromatic carbocycles. The van der Waals surface area contributed by atoms with Gasteiger partial charge in [0.05, 0.1) is 6.61 Å². The Morgan fingerprint density at radius 1 is 1.23 bits per heavy atom. The molecule has 1 spiro atoms.